The van der Waals surface area contributed by atoms with Gasteiger partial charge in [-0.1, -0.05) is 38.5 Å². The molecular formula is C15H28N4O. The molecule has 2 fully saturated rings. The van der Waals surface area contributed by atoms with Crippen LogP contribution in [0.5, 0.6) is 0 Å². The summed E-state index contributed by atoms with van der Waals surface area (Å²) in [5.74, 6) is 0.404. The maximum absolute atomic E-state index is 11.8. The summed E-state index contributed by atoms with van der Waals surface area (Å²) in [6.07, 6.45) is 12.1. The van der Waals surface area contributed by atoms with E-state index >= 15 is 0 Å². The summed E-state index contributed by atoms with van der Waals surface area (Å²) in [5, 5.41) is 6.27. The Morgan fingerprint density at radius 1 is 0.900 bits per heavy atom. The Balaban J connectivity index is 1.66. The second-order valence-electron chi connectivity index (χ2n) is 6.08. The SMILES string of the molecule is NC(=NCC(=O)NC1CCCCC1)NC1CCCCC1. The Bertz CT molecular complexity index is 331. The Kier molecular flexibility index (Phi) is 6.15. The molecule has 5 nitrogen and oxygen atoms in total. The number of amides is 1. The molecule has 2 saturated carbocycles. The Hall–Kier alpha value is -1.26. The molecule has 0 saturated heterocycles. The molecule has 114 valence electrons. The third kappa shape index (κ3) is 5.39. The average molecular weight is 280 g/mol. The van der Waals surface area contributed by atoms with Crippen LogP contribution in [-0.4, -0.2) is 30.5 Å². The number of rotatable bonds is 4. The van der Waals surface area contributed by atoms with Crippen molar-refractivity contribution in [3.8, 4) is 0 Å². The van der Waals surface area contributed by atoms with Crippen LogP contribution in [-0.2, 0) is 4.79 Å². The maximum atomic E-state index is 11.8. The smallest absolute Gasteiger partial charge is 0.242 e. The minimum absolute atomic E-state index is 0.00899. The molecule has 0 spiro atoms. The van der Waals surface area contributed by atoms with Crippen LogP contribution in [0.25, 0.3) is 0 Å². The van der Waals surface area contributed by atoms with E-state index in [1.165, 1.54) is 38.5 Å². The van der Waals surface area contributed by atoms with E-state index < -0.39 is 0 Å². The van der Waals surface area contributed by atoms with Gasteiger partial charge in [-0.15, -0.1) is 0 Å². The molecular weight excluding hydrogens is 252 g/mol. The van der Waals surface area contributed by atoms with E-state index in [0.717, 1.165) is 25.7 Å². The van der Waals surface area contributed by atoms with E-state index in [2.05, 4.69) is 15.6 Å². The van der Waals surface area contributed by atoms with E-state index in [1.807, 2.05) is 0 Å². The molecule has 0 bridgehead atoms. The van der Waals surface area contributed by atoms with Crippen LogP contribution < -0.4 is 16.4 Å². The molecule has 1 amide bonds. The number of nitrogens with two attached hydrogens (primary N) is 1. The second-order valence-corrected chi connectivity index (χ2v) is 6.08. The molecule has 0 unspecified atom stereocenters. The molecule has 2 aliphatic rings. The molecule has 5 heteroatoms. The lowest BCUT2D eigenvalue weighted by Crippen LogP contribution is -2.42. The molecule has 0 aromatic carbocycles. The highest BCUT2D eigenvalue weighted by atomic mass is 16.1. The molecule has 2 rings (SSSR count). The molecule has 0 heterocycles. The molecule has 20 heavy (non-hydrogen) atoms. The first-order chi connectivity index (χ1) is 9.74. The van der Waals surface area contributed by atoms with Crippen molar-refractivity contribution in [3.05, 3.63) is 0 Å². The largest absolute Gasteiger partial charge is 0.370 e. The van der Waals surface area contributed by atoms with Crippen molar-refractivity contribution in [2.24, 2.45) is 10.7 Å². The normalized spacial score (nSPS) is 22.5. The highest BCUT2D eigenvalue weighted by Gasteiger charge is 2.16. The number of nitrogens with zero attached hydrogens (tertiary/aromatic N) is 1. The third-order valence-corrected chi connectivity index (χ3v) is 4.32. The summed E-state index contributed by atoms with van der Waals surface area (Å²) in [6, 6.07) is 0.785. The van der Waals surface area contributed by atoms with Crippen molar-refractivity contribution in [3.63, 3.8) is 0 Å². The van der Waals surface area contributed by atoms with Gasteiger partial charge in [0.15, 0.2) is 5.96 Å². The second kappa shape index (κ2) is 8.12. The highest BCUT2D eigenvalue weighted by Crippen LogP contribution is 2.17. The number of carbonyl (C=O) groups excluding carboxylic acids is 1. The quantitative estimate of drug-likeness (QED) is 0.541. The van der Waals surface area contributed by atoms with E-state index in [4.69, 9.17) is 5.73 Å². The first kappa shape index (κ1) is 15.1. The minimum atomic E-state index is -0.00899. The summed E-state index contributed by atoms with van der Waals surface area (Å²) in [4.78, 5) is 16.0. The van der Waals surface area contributed by atoms with Crippen molar-refractivity contribution in [1.29, 1.82) is 0 Å². The first-order valence-corrected chi connectivity index (χ1v) is 8.10. The third-order valence-electron chi connectivity index (χ3n) is 4.32. The van der Waals surface area contributed by atoms with Crippen LogP contribution in [0.15, 0.2) is 4.99 Å². The monoisotopic (exact) mass is 280 g/mol. The average Bonchev–Trinajstić information content (AvgIpc) is 2.47. The molecule has 0 aliphatic heterocycles. The summed E-state index contributed by atoms with van der Waals surface area (Å²) in [6.45, 7) is 0.141. The van der Waals surface area contributed by atoms with Gasteiger partial charge in [-0.3, -0.25) is 4.79 Å². The summed E-state index contributed by atoms with van der Waals surface area (Å²) >= 11 is 0. The lowest BCUT2D eigenvalue weighted by atomic mass is 9.95. The van der Waals surface area contributed by atoms with Crippen molar-refractivity contribution in [1.82, 2.24) is 10.6 Å². The zero-order valence-corrected chi connectivity index (χ0v) is 12.4. The fourth-order valence-electron chi connectivity index (χ4n) is 3.18. The van der Waals surface area contributed by atoms with Crippen LogP contribution in [0.4, 0.5) is 0 Å². The van der Waals surface area contributed by atoms with Crippen LogP contribution in [0.3, 0.4) is 0 Å². The summed E-state index contributed by atoms with van der Waals surface area (Å²) < 4.78 is 0. The standard InChI is InChI=1S/C15H28N4O/c16-15(19-13-9-5-2-6-10-13)17-11-14(20)18-12-7-3-1-4-8-12/h12-13H,1-11H2,(H,18,20)(H3,16,17,19). The van der Waals surface area contributed by atoms with Gasteiger partial charge in [0.25, 0.3) is 0 Å². The summed E-state index contributed by atoms with van der Waals surface area (Å²) in [5.41, 5.74) is 5.84. The van der Waals surface area contributed by atoms with Crippen LogP contribution in [0, 0.1) is 0 Å². The van der Waals surface area contributed by atoms with E-state index in [0.29, 0.717) is 18.0 Å². The fraction of sp³-hybridized carbons (Fsp3) is 0.867. The van der Waals surface area contributed by atoms with E-state index in [9.17, 15) is 4.79 Å². The van der Waals surface area contributed by atoms with Crippen molar-refractivity contribution >= 4 is 11.9 Å². The van der Waals surface area contributed by atoms with Crippen LogP contribution in [0.2, 0.25) is 0 Å². The summed E-state index contributed by atoms with van der Waals surface area (Å²) in [7, 11) is 0. The Labute approximate surface area is 121 Å². The number of guanidine groups is 1. The topological polar surface area (TPSA) is 79.5 Å². The highest BCUT2D eigenvalue weighted by molar-refractivity contribution is 5.84. The van der Waals surface area contributed by atoms with Gasteiger partial charge >= 0.3 is 0 Å². The predicted molar refractivity (Wildman–Crippen MR) is 81.5 cm³/mol. The molecule has 0 radical (unpaired) electrons. The number of nitrogens with one attached hydrogen (secondary N) is 2. The lowest BCUT2D eigenvalue weighted by Gasteiger charge is -2.23. The lowest BCUT2D eigenvalue weighted by molar-refractivity contribution is -0.120. The molecule has 4 N–H and O–H groups in total. The maximum Gasteiger partial charge on any atom is 0.242 e. The first-order valence-electron chi connectivity index (χ1n) is 8.10. The zero-order valence-electron chi connectivity index (χ0n) is 12.4. The minimum Gasteiger partial charge on any atom is -0.370 e. The molecule has 2 aliphatic carbocycles. The van der Waals surface area contributed by atoms with Crippen molar-refractivity contribution in [2.45, 2.75) is 76.3 Å². The van der Waals surface area contributed by atoms with Gasteiger partial charge in [-0.05, 0) is 25.7 Å². The Morgan fingerprint density at radius 3 is 1.95 bits per heavy atom. The molecule has 0 atom stereocenters. The zero-order chi connectivity index (χ0) is 14.2. The number of hydrogen-bond acceptors (Lipinski definition) is 2. The number of carbonyl (C=O) groups is 1. The van der Waals surface area contributed by atoms with Gasteiger partial charge in [-0.2, -0.15) is 0 Å². The molecule has 0 aromatic rings. The van der Waals surface area contributed by atoms with Crippen molar-refractivity contribution < 1.29 is 4.79 Å². The van der Waals surface area contributed by atoms with Gasteiger partial charge < -0.3 is 16.4 Å². The van der Waals surface area contributed by atoms with Gasteiger partial charge in [-0.25, -0.2) is 4.99 Å². The van der Waals surface area contributed by atoms with Crippen LogP contribution in [0.1, 0.15) is 64.2 Å². The number of aliphatic imine (C=N–C) groups is 1. The predicted octanol–water partition coefficient (Wildman–Crippen LogP) is 1.67. The number of hydrogen-bond donors (Lipinski definition) is 3. The van der Waals surface area contributed by atoms with Gasteiger partial charge in [0.2, 0.25) is 5.91 Å². The van der Waals surface area contributed by atoms with E-state index in [-0.39, 0.29) is 12.5 Å². The Morgan fingerprint density at radius 2 is 1.40 bits per heavy atom. The van der Waals surface area contributed by atoms with Crippen LogP contribution >= 0.6 is 0 Å². The fourth-order valence-corrected chi connectivity index (χ4v) is 3.18. The van der Waals surface area contributed by atoms with Crippen molar-refractivity contribution in [2.75, 3.05) is 6.54 Å². The van der Waals surface area contributed by atoms with Gasteiger partial charge in [0.05, 0.1) is 0 Å². The molecule has 0 aromatic heterocycles. The van der Waals surface area contributed by atoms with E-state index in [1.54, 1.807) is 0 Å². The van der Waals surface area contributed by atoms with Gasteiger partial charge in [0, 0.05) is 12.1 Å². The van der Waals surface area contributed by atoms with Gasteiger partial charge in [0.1, 0.15) is 6.54 Å².